The molecule has 1 aliphatic heterocycles. The van der Waals surface area contributed by atoms with Gasteiger partial charge in [0, 0.05) is 24.2 Å². The fourth-order valence-electron chi connectivity index (χ4n) is 3.29. The lowest BCUT2D eigenvalue weighted by Gasteiger charge is -2.29. The van der Waals surface area contributed by atoms with Crippen LogP contribution < -0.4 is 5.32 Å². The Kier molecular flexibility index (Phi) is 5.71. The largest absolute Gasteiger partial charge is 0.311 e. The first-order chi connectivity index (χ1) is 11.2. The first-order valence-electron chi connectivity index (χ1n) is 8.49. The number of halogens is 1. The van der Waals surface area contributed by atoms with Gasteiger partial charge < -0.3 is 5.32 Å². The van der Waals surface area contributed by atoms with Crippen molar-refractivity contribution in [1.29, 1.82) is 0 Å². The second-order valence-corrected chi connectivity index (χ2v) is 6.80. The number of nitrogens with one attached hydrogen (secondary N) is 1. The Morgan fingerprint density at radius 3 is 2.43 bits per heavy atom. The highest BCUT2D eigenvalue weighted by Gasteiger charge is 2.24. The third kappa shape index (κ3) is 4.35. The Balaban J connectivity index is 1.66. The summed E-state index contributed by atoms with van der Waals surface area (Å²) in [5.41, 5.74) is 3.88. The molecule has 2 aromatic rings. The number of nitrogens with zero attached hydrogens (tertiary/aromatic N) is 1. The van der Waals surface area contributed by atoms with Crippen molar-refractivity contribution in [3.05, 3.63) is 70.2 Å². The summed E-state index contributed by atoms with van der Waals surface area (Å²) in [4.78, 5) is 2.56. The maximum absolute atomic E-state index is 6.46. The normalized spacial score (nSPS) is 16.6. The highest BCUT2D eigenvalue weighted by molar-refractivity contribution is 6.31. The van der Waals surface area contributed by atoms with Crippen LogP contribution in [0.5, 0.6) is 0 Å². The van der Waals surface area contributed by atoms with Crippen molar-refractivity contribution >= 4 is 11.6 Å². The number of likely N-dealkylation sites (tertiary alicyclic amines) is 1. The van der Waals surface area contributed by atoms with Gasteiger partial charge in [0.25, 0.3) is 0 Å². The summed E-state index contributed by atoms with van der Waals surface area (Å²) in [6.07, 6.45) is 2.58. The number of benzene rings is 2. The third-order valence-corrected chi connectivity index (χ3v) is 4.98. The Hall–Kier alpha value is -1.35. The molecule has 0 aromatic heterocycles. The fourth-order valence-corrected chi connectivity index (χ4v) is 3.56. The van der Waals surface area contributed by atoms with E-state index in [1.165, 1.54) is 42.6 Å². The Bertz CT molecular complexity index is 618. The maximum atomic E-state index is 6.46. The summed E-state index contributed by atoms with van der Waals surface area (Å²) in [7, 11) is 0. The van der Waals surface area contributed by atoms with Crippen molar-refractivity contribution in [2.24, 2.45) is 0 Å². The zero-order valence-corrected chi connectivity index (χ0v) is 14.5. The molecule has 0 bridgehead atoms. The molecule has 122 valence electrons. The van der Waals surface area contributed by atoms with Crippen LogP contribution in [0.1, 0.15) is 35.6 Å². The minimum Gasteiger partial charge on any atom is -0.311 e. The van der Waals surface area contributed by atoms with Gasteiger partial charge in [0.2, 0.25) is 0 Å². The molecule has 0 aliphatic carbocycles. The van der Waals surface area contributed by atoms with E-state index in [1.807, 2.05) is 12.1 Å². The summed E-state index contributed by atoms with van der Waals surface area (Å²) in [5.74, 6) is 0. The predicted octanol–water partition coefficient (Wildman–Crippen LogP) is 4.58. The van der Waals surface area contributed by atoms with Crippen molar-refractivity contribution in [3.63, 3.8) is 0 Å². The van der Waals surface area contributed by atoms with Crippen LogP contribution in [0, 0.1) is 6.92 Å². The topological polar surface area (TPSA) is 15.3 Å². The number of rotatable bonds is 6. The predicted molar refractivity (Wildman–Crippen MR) is 97.9 cm³/mol. The van der Waals surface area contributed by atoms with Gasteiger partial charge in [-0.2, -0.15) is 0 Å². The molecule has 3 rings (SSSR count). The van der Waals surface area contributed by atoms with Gasteiger partial charge in [-0.25, -0.2) is 0 Å². The zero-order chi connectivity index (χ0) is 16.1. The van der Waals surface area contributed by atoms with E-state index in [0.29, 0.717) is 6.04 Å². The highest BCUT2D eigenvalue weighted by atomic mass is 35.5. The first kappa shape index (κ1) is 16.5. The van der Waals surface area contributed by atoms with Crippen molar-refractivity contribution in [2.45, 2.75) is 32.4 Å². The lowest BCUT2D eigenvalue weighted by Crippen LogP contribution is -2.34. The van der Waals surface area contributed by atoms with Crippen LogP contribution in [0.3, 0.4) is 0 Å². The van der Waals surface area contributed by atoms with E-state index in [1.54, 1.807) is 0 Å². The standard InChI is InChI=1S/C20H25ClN2/c1-16-8-10-17(11-9-16)14-22-15-20(23-12-4-5-13-23)18-6-2-3-7-19(18)21/h2-3,6-11,20,22H,4-5,12-15H2,1H3. The van der Waals surface area contributed by atoms with Crippen LogP contribution in [-0.2, 0) is 6.54 Å². The van der Waals surface area contributed by atoms with Gasteiger partial charge >= 0.3 is 0 Å². The molecule has 1 N–H and O–H groups in total. The smallest absolute Gasteiger partial charge is 0.0487 e. The second kappa shape index (κ2) is 7.96. The van der Waals surface area contributed by atoms with Crippen LogP contribution in [0.25, 0.3) is 0 Å². The monoisotopic (exact) mass is 328 g/mol. The summed E-state index contributed by atoms with van der Waals surface area (Å²) >= 11 is 6.46. The second-order valence-electron chi connectivity index (χ2n) is 6.40. The molecule has 1 aliphatic rings. The molecule has 1 saturated heterocycles. The molecule has 23 heavy (non-hydrogen) atoms. The molecular formula is C20H25ClN2. The van der Waals surface area contributed by atoms with Crippen molar-refractivity contribution in [3.8, 4) is 0 Å². The van der Waals surface area contributed by atoms with Crippen LogP contribution >= 0.6 is 11.6 Å². The van der Waals surface area contributed by atoms with Gasteiger partial charge in [0.1, 0.15) is 0 Å². The number of aryl methyl sites for hydroxylation is 1. The molecule has 2 aromatic carbocycles. The van der Waals surface area contributed by atoms with Gasteiger partial charge in [-0.05, 0) is 50.0 Å². The van der Waals surface area contributed by atoms with E-state index >= 15 is 0 Å². The van der Waals surface area contributed by atoms with Gasteiger partial charge in [0.05, 0.1) is 0 Å². The zero-order valence-electron chi connectivity index (χ0n) is 13.8. The molecule has 1 atom stereocenters. The Labute approximate surface area is 144 Å². The van der Waals surface area contributed by atoms with Gasteiger partial charge in [0.15, 0.2) is 0 Å². The average molecular weight is 329 g/mol. The molecule has 0 saturated carbocycles. The summed E-state index contributed by atoms with van der Waals surface area (Å²) in [6, 6.07) is 17.4. The molecular weight excluding hydrogens is 304 g/mol. The van der Waals surface area contributed by atoms with E-state index in [0.717, 1.165) is 18.1 Å². The van der Waals surface area contributed by atoms with Crippen LogP contribution in [0.2, 0.25) is 5.02 Å². The molecule has 0 amide bonds. The van der Waals surface area contributed by atoms with Crippen LogP contribution in [0.4, 0.5) is 0 Å². The van der Waals surface area contributed by atoms with Gasteiger partial charge in [-0.3, -0.25) is 4.90 Å². The molecule has 1 unspecified atom stereocenters. The SMILES string of the molecule is Cc1ccc(CNCC(c2ccccc2Cl)N2CCCC2)cc1. The van der Waals surface area contributed by atoms with Gasteiger partial charge in [-0.15, -0.1) is 0 Å². The third-order valence-electron chi connectivity index (χ3n) is 4.63. The summed E-state index contributed by atoms with van der Waals surface area (Å²) in [6.45, 7) is 6.29. The van der Waals surface area contributed by atoms with Crippen LogP contribution in [0.15, 0.2) is 48.5 Å². The molecule has 0 radical (unpaired) electrons. The van der Waals surface area contributed by atoms with Crippen molar-refractivity contribution in [2.75, 3.05) is 19.6 Å². The van der Waals surface area contributed by atoms with Crippen LogP contribution in [-0.4, -0.2) is 24.5 Å². The molecule has 0 spiro atoms. The molecule has 2 nitrogen and oxygen atoms in total. The van der Waals surface area contributed by atoms with E-state index in [2.05, 4.69) is 53.5 Å². The van der Waals surface area contributed by atoms with E-state index in [4.69, 9.17) is 11.6 Å². The highest BCUT2D eigenvalue weighted by Crippen LogP contribution is 2.29. The molecule has 1 heterocycles. The average Bonchev–Trinajstić information content (AvgIpc) is 3.08. The maximum Gasteiger partial charge on any atom is 0.0487 e. The Morgan fingerprint density at radius 1 is 1.04 bits per heavy atom. The fraction of sp³-hybridized carbons (Fsp3) is 0.400. The summed E-state index contributed by atoms with van der Waals surface area (Å²) < 4.78 is 0. The van der Waals surface area contributed by atoms with Crippen molar-refractivity contribution < 1.29 is 0 Å². The Morgan fingerprint density at radius 2 is 1.74 bits per heavy atom. The summed E-state index contributed by atoms with van der Waals surface area (Å²) in [5, 5.41) is 4.50. The quantitative estimate of drug-likeness (QED) is 0.835. The number of hydrogen-bond acceptors (Lipinski definition) is 2. The van der Waals surface area contributed by atoms with E-state index < -0.39 is 0 Å². The van der Waals surface area contributed by atoms with E-state index in [9.17, 15) is 0 Å². The lowest BCUT2D eigenvalue weighted by molar-refractivity contribution is 0.238. The van der Waals surface area contributed by atoms with Crippen molar-refractivity contribution in [1.82, 2.24) is 10.2 Å². The minimum atomic E-state index is 0.358. The minimum absolute atomic E-state index is 0.358. The van der Waals surface area contributed by atoms with Gasteiger partial charge in [-0.1, -0.05) is 59.6 Å². The molecule has 3 heteroatoms. The van der Waals surface area contributed by atoms with E-state index in [-0.39, 0.29) is 0 Å². The first-order valence-corrected chi connectivity index (χ1v) is 8.86. The lowest BCUT2D eigenvalue weighted by atomic mass is 10.1. The molecule has 1 fully saturated rings. The number of hydrogen-bond donors (Lipinski definition) is 1.